The lowest BCUT2D eigenvalue weighted by Crippen LogP contribution is -2.15. The number of rotatable bonds is 5. The monoisotopic (exact) mass is 398 g/mol. The summed E-state index contributed by atoms with van der Waals surface area (Å²) in [5.41, 5.74) is 2.38. The quantitative estimate of drug-likeness (QED) is 0.533. The first-order valence-electron chi connectivity index (χ1n) is 8.68. The van der Waals surface area contributed by atoms with E-state index in [4.69, 9.17) is 0 Å². The van der Waals surface area contributed by atoms with Crippen LogP contribution in [0.25, 0.3) is 21.6 Å². The maximum atomic E-state index is 13.7. The van der Waals surface area contributed by atoms with Crippen molar-refractivity contribution in [1.82, 2.24) is 14.5 Å². The van der Waals surface area contributed by atoms with Gasteiger partial charge in [-0.1, -0.05) is 0 Å². The fraction of sp³-hybridized carbons (Fsp3) is 0.150. The van der Waals surface area contributed by atoms with Crippen LogP contribution in [0.3, 0.4) is 0 Å². The van der Waals surface area contributed by atoms with Crippen LogP contribution in [-0.4, -0.2) is 20.4 Å². The highest BCUT2D eigenvalue weighted by Crippen LogP contribution is 2.32. The van der Waals surface area contributed by atoms with Crippen LogP contribution in [0.5, 0.6) is 0 Å². The Labute approximate surface area is 163 Å². The van der Waals surface area contributed by atoms with E-state index in [1.807, 2.05) is 25.3 Å². The maximum absolute atomic E-state index is 13.7. The van der Waals surface area contributed by atoms with Gasteiger partial charge in [-0.15, -0.1) is 11.3 Å². The first kappa shape index (κ1) is 18.2. The first-order chi connectivity index (χ1) is 13.5. The molecule has 0 aliphatic rings. The molecule has 0 saturated carbocycles. The number of anilines is 1. The summed E-state index contributed by atoms with van der Waals surface area (Å²) < 4.78 is 28.7. The first-order valence-corrected chi connectivity index (χ1v) is 9.56. The Bertz CT molecular complexity index is 1170. The number of aromatic nitrogens is 3. The molecular weight excluding hydrogens is 382 g/mol. The standard InChI is InChI=1S/C20H16F2N4OS/c1-2-26-10-15(14-4-3-7-23-19(14)26)20-24-13(11-28-20)9-18(27)25-17-6-5-12(21)8-16(17)22/h3-8,10-11H,2,9H2,1H3,(H,25,27). The van der Waals surface area contributed by atoms with Crippen molar-refractivity contribution < 1.29 is 13.6 Å². The zero-order valence-corrected chi connectivity index (χ0v) is 15.8. The average molecular weight is 398 g/mol. The van der Waals surface area contributed by atoms with Crippen LogP contribution in [0.1, 0.15) is 12.6 Å². The van der Waals surface area contributed by atoms with Crippen LogP contribution in [0, 0.1) is 11.6 Å². The topological polar surface area (TPSA) is 59.8 Å². The Morgan fingerprint density at radius 2 is 2.14 bits per heavy atom. The number of amides is 1. The molecule has 0 aliphatic carbocycles. The molecule has 4 aromatic rings. The van der Waals surface area contributed by atoms with E-state index in [1.165, 1.54) is 17.4 Å². The normalized spacial score (nSPS) is 11.1. The summed E-state index contributed by atoms with van der Waals surface area (Å²) in [6, 6.07) is 6.90. The number of carbonyl (C=O) groups excluding carboxylic acids is 1. The van der Waals surface area contributed by atoms with Gasteiger partial charge in [0.1, 0.15) is 22.3 Å². The summed E-state index contributed by atoms with van der Waals surface area (Å²) >= 11 is 1.44. The van der Waals surface area contributed by atoms with Gasteiger partial charge < -0.3 is 9.88 Å². The van der Waals surface area contributed by atoms with Gasteiger partial charge >= 0.3 is 0 Å². The van der Waals surface area contributed by atoms with Gasteiger partial charge in [-0.05, 0) is 31.2 Å². The molecule has 0 atom stereocenters. The van der Waals surface area contributed by atoms with Crippen LogP contribution in [-0.2, 0) is 17.8 Å². The van der Waals surface area contributed by atoms with Gasteiger partial charge in [-0.3, -0.25) is 4.79 Å². The second-order valence-corrected chi connectivity index (χ2v) is 7.05. The summed E-state index contributed by atoms with van der Waals surface area (Å²) in [5, 5.41) is 6.05. The molecule has 0 radical (unpaired) electrons. The van der Waals surface area contributed by atoms with Crippen molar-refractivity contribution in [2.24, 2.45) is 0 Å². The Morgan fingerprint density at radius 3 is 2.93 bits per heavy atom. The van der Waals surface area contributed by atoms with E-state index in [0.717, 1.165) is 40.3 Å². The van der Waals surface area contributed by atoms with Crippen LogP contribution in [0.15, 0.2) is 48.1 Å². The van der Waals surface area contributed by atoms with Gasteiger partial charge in [-0.2, -0.15) is 0 Å². The molecule has 0 aliphatic heterocycles. The zero-order valence-electron chi connectivity index (χ0n) is 14.9. The lowest BCUT2D eigenvalue weighted by Gasteiger charge is -2.05. The predicted molar refractivity (Wildman–Crippen MR) is 105 cm³/mol. The number of hydrogen-bond acceptors (Lipinski definition) is 4. The van der Waals surface area contributed by atoms with Crippen molar-refractivity contribution in [1.29, 1.82) is 0 Å². The van der Waals surface area contributed by atoms with Crippen molar-refractivity contribution in [2.75, 3.05) is 5.32 Å². The van der Waals surface area contributed by atoms with E-state index >= 15 is 0 Å². The fourth-order valence-electron chi connectivity index (χ4n) is 3.00. The number of thiazole rings is 1. The van der Waals surface area contributed by atoms with Crippen LogP contribution < -0.4 is 5.32 Å². The molecule has 0 bridgehead atoms. The summed E-state index contributed by atoms with van der Waals surface area (Å²) in [5.74, 6) is -1.92. The Balaban J connectivity index is 1.54. The maximum Gasteiger partial charge on any atom is 0.230 e. The minimum absolute atomic E-state index is 0.00200. The molecule has 8 heteroatoms. The van der Waals surface area contributed by atoms with Gasteiger partial charge in [0, 0.05) is 41.3 Å². The number of nitrogens with one attached hydrogen (secondary N) is 1. The predicted octanol–water partition coefficient (Wildman–Crippen LogP) is 4.64. The fourth-order valence-corrected chi connectivity index (χ4v) is 3.84. The molecule has 0 unspecified atom stereocenters. The molecule has 3 heterocycles. The number of fused-ring (bicyclic) bond motifs is 1. The molecule has 1 aromatic carbocycles. The largest absolute Gasteiger partial charge is 0.332 e. The van der Waals surface area contributed by atoms with Crippen LogP contribution >= 0.6 is 11.3 Å². The molecule has 4 rings (SSSR count). The number of carbonyl (C=O) groups is 1. The molecule has 0 spiro atoms. The number of pyridine rings is 1. The second kappa shape index (κ2) is 7.47. The number of halogens is 2. The molecule has 142 valence electrons. The third kappa shape index (κ3) is 3.50. The second-order valence-electron chi connectivity index (χ2n) is 6.20. The third-order valence-electron chi connectivity index (χ3n) is 4.30. The van der Waals surface area contributed by atoms with Crippen LogP contribution in [0.4, 0.5) is 14.5 Å². The highest BCUT2D eigenvalue weighted by Gasteiger charge is 2.15. The van der Waals surface area contributed by atoms with E-state index < -0.39 is 17.5 Å². The van der Waals surface area contributed by atoms with Gasteiger partial charge in [0.2, 0.25) is 5.91 Å². The number of aryl methyl sites for hydroxylation is 1. The highest BCUT2D eigenvalue weighted by molar-refractivity contribution is 7.13. The SMILES string of the molecule is CCn1cc(-c2nc(CC(=O)Nc3ccc(F)cc3F)cs2)c2cccnc21. The summed E-state index contributed by atoms with van der Waals surface area (Å²) in [4.78, 5) is 21.2. The lowest BCUT2D eigenvalue weighted by molar-refractivity contribution is -0.115. The van der Waals surface area contributed by atoms with E-state index in [-0.39, 0.29) is 12.1 Å². The van der Waals surface area contributed by atoms with E-state index in [0.29, 0.717) is 5.69 Å². The molecule has 1 N–H and O–H groups in total. The number of benzene rings is 1. The van der Waals surface area contributed by atoms with Gasteiger partial charge in [0.25, 0.3) is 0 Å². The van der Waals surface area contributed by atoms with E-state index in [2.05, 4.69) is 19.9 Å². The molecule has 3 aromatic heterocycles. The number of nitrogens with zero attached hydrogens (tertiary/aromatic N) is 3. The summed E-state index contributed by atoms with van der Waals surface area (Å²) in [6.45, 7) is 2.83. The summed E-state index contributed by atoms with van der Waals surface area (Å²) in [6.07, 6.45) is 3.76. The minimum Gasteiger partial charge on any atom is -0.332 e. The van der Waals surface area contributed by atoms with E-state index in [9.17, 15) is 13.6 Å². The lowest BCUT2D eigenvalue weighted by atomic mass is 10.2. The van der Waals surface area contributed by atoms with Crippen LogP contribution in [0.2, 0.25) is 0 Å². The van der Waals surface area contributed by atoms with Gasteiger partial charge in [-0.25, -0.2) is 18.7 Å². The van der Waals surface area contributed by atoms with Crippen molar-refractivity contribution >= 4 is 34.0 Å². The Hall–Kier alpha value is -3.13. The van der Waals surface area contributed by atoms with Crippen molar-refractivity contribution in [2.45, 2.75) is 19.9 Å². The molecule has 5 nitrogen and oxygen atoms in total. The van der Waals surface area contributed by atoms with Gasteiger partial charge in [0.05, 0.1) is 17.8 Å². The Kier molecular flexibility index (Phi) is 4.87. The van der Waals surface area contributed by atoms with Gasteiger partial charge in [0.15, 0.2) is 0 Å². The highest BCUT2D eigenvalue weighted by atomic mass is 32.1. The van der Waals surface area contributed by atoms with Crippen molar-refractivity contribution in [3.63, 3.8) is 0 Å². The average Bonchev–Trinajstić information content (AvgIpc) is 3.28. The molecular formula is C20H16F2N4OS. The molecule has 0 saturated heterocycles. The third-order valence-corrected chi connectivity index (χ3v) is 5.23. The minimum atomic E-state index is -0.813. The van der Waals surface area contributed by atoms with Crippen molar-refractivity contribution in [3.8, 4) is 10.6 Å². The summed E-state index contributed by atoms with van der Waals surface area (Å²) in [7, 11) is 0. The van der Waals surface area contributed by atoms with Crippen molar-refractivity contribution in [3.05, 3.63) is 65.4 Å². The molecule has 0 fully saturated rings. The van der Waals surface area contributed by atoms with E-state index in [1.54, 1.807) is 11.6 Å². The Morgan fingerprint density at radius 1 is 1.29 bits per heavy atom. The molecule has 28 heavy (non-hydrogen) atoms. The number of hydrogen-bond donors (Lipinski definition) is 1. The zero-order chi connectivity index (χ0) is 19.7. The molecule has 1 amide bonds. The smallest absolute Gasteiger partial charge is 0.230 e.